The van der Waals surface area contributed by atoms with E-state index in [9.17, 15) is 9.59 Å². The van der Waals surface area contributed by atoms with Crippen molar-refractivity contribution in [3.63, 3.8) is 0 Å². The molecule has 110 valence electrons. The number of carbonyl (C=O) groups excluding carboxylic acids is 2. The number of aromatic nitrogens is 4. The van der Waals surface area contributed by atoms with Gasteiger partial charge in [-0.1, -0.05) is 11.6 Å². The maximum absolute atomic E-state index is 11.7. The fourth-order valence-electron chi connectivity index (χ4n) is 1.48. The first kappa shape index (κ1) is 14.9. The second-order valence-electron chi connectivity index (χ2n) is 3.95. The second kappa shape index (κ2) is 6.77. The van der Waals surface area contributed by atoms with Gasteiger partial charge in [-0.15, -0.1) is 5.10 Å². The third kappa shape index (κ3) is 3.97. The highest BCUT2D eigenvalue weighted by Gasteiger charge is 2.09. The topological polar surface area (TPSA) is 128 Å². The van der Waals surface area contributed by atoms with Gasteiger partial charge < -0.3 is 16.4 Å². The van der Waals surface area contributed by atoms with Crippen LogP contribution in [0, 0.1) is 0 Å². The molecular weight excluding hydrogens is 298 g/mol. The Labute approximate surface area is 124 Å². The quantitative estimate of drug-likeness (QED) is 0.672. The summed E-state index contributed by atoms with van der Waals surface area (Å²) in [6, 6.07) is 4.92. The number of amides is 2. The molecule has 0 aliphatic carbocycles. The van der Waals surface area contributed by atoms with Gasteiger partial charge in [0.25, 0.3) is 0 Å². The lowest BCUT2D eigenvalue weighted by molar-refractivity contribution is -0.123. The number of benzene rings is 1. The van der Waals surface area contributed by atoms with Crippen molar-refractivity contribution in [2.75, 3.05) is 18.4 Å². The zero-order valence-corrected chi connectivity index (χ0v) is 11.5. The van der Waals surface area contributed by atoms with Gasteiger partial charge in [0.1, 0.15) is 6.33 Å². The van der Waals surface area contributed by atoms with E-state index in [0.29, 0.717) is 16.4 Å². The van der Waals surface area contributed by atoms with E-state index in [2.05, 4.69) is 26.2 Å². The van der Waals surface area contributed by atoms with Gasteiger partial charge in [-0.2, -0.15) is 0 Å². The van der Waals surface area contributed by atoms with Crippen molar-refractivity contribution in [3.8, 4) is 5.69 Å². The van der Waals surface area contributed by atoms with Gasteiger partial charge in [0.2, 0.25) is 11.8 Å². The van der Waals surface area contributed by atoms with Gasteiger partial charge in [-0.25, -0.2) is 4.68 Å². The molecule has 0 unspecified atom stereocenters. The van der Waals surface area contributed by atoms with E-state index in [-0.39, 0.29) is 13.1 Å². The lowest BCUT2D eigenvalue weighted by Gasteiger charge is -2.09. The lowest BCUT2D eigenvalue weighted by Crippen LogP contribution is -2.36. The standard InChI is InChI=1S/C11H12ClN7O2/c12-8-2-1-7(19-6-15-17-18-19)3-9(8)16-11(21)5-14-10(20)4-13/h1-3,6H,4-5,13H2,(H,14,20)(H,16,21). The Hall–Kier alpha value is -2.52. The number of rotatable bonds is 5. The number of nitrogens with two attached hydrogens (primary N) is 1. The smallest absolute Gasteiger partial charge is 0.243 e. The van der Waals surface area contributed by atoms with Crippen LogP contribution < -0.4 is 16.4 Å². The monoisotopic (exact) mass is 309 g/mol. The molecule has 0 spiro atoms. The van der Waals surface area contributed by atoms with Crippen molar-refractivity contribution < 1.29 is 9.59 Å². The Morgan fingerprint density at radius 1 is 1.33 bits per heavy atom. The molecule has 0 radical (unpaired) electrons. The molecule has 2 amide bonds. The summed E-state index contributed by atoms with van der Waals surface area (Å²) in [6.45, 7) is -0.371. The molecule has 2 rings (SSSR count). The Balaban J connectivity index is 2.07. The molecular formula is C11H12ClN7O2. The van der Waals surface area contributed by atoms with Crippen LogP contribution in [0.1, 0.15) is 0 Å². The van der Waals surface area contributed by atoms with Crippen molar-refractivity contribution in [3.05, 3.63) is 29.5 Å². The molecule has 21 heavy (non-hydrogen) atoms. The molecule has 0 bridgehead atoms. The SMILES string of the molecule is NCC(=O)NCC(=O)Nc1cc(-n2cnnn2)ccc1Cl. The summed E-state index contributed by atoms with van der Waals surface area (Å²) in [4.78, 5) is 22.7. The van der Waals surface area contributed by atoms with E-state index in [4.69, 9.17) is 17.3 Å². The van der Waals surface area contributed by atoms with Crippen LogP contribution >= 0.6 is 11.6 Å². The minimum atomic E-state index is -0.424. The van der Waals surface area contributed by atoms with Crippen molar-refractivity contribution in [2.45, 2.75) is 0 Å². The first-order valence-electron chi connectivity index (χ1n) is 5.89. The average Bonchev–Trinajstić information content (AvgIpc) is 3.01. The minimum absolute atomic E-state index is 0.178. The summed E-state index contributed by atoms with van der Waals surface area (Å²) in [7, 11) is 0. The number of halogens is 1. The summed E-state index contributed by atoms with van der Waals surface area (Å²) in [6.07, 6.45) is 1.41. The molecule has 10 heteroatoms. The molecule has 2 aromatic rings. The molecule has 0 atom stereocenters. The largest absolute Gasteiger partial charge is 0.346 e. The molecule has 0 aliphatic heterocycles. The molecule has 1 aromatic carbocycles. The zero-order valence-electron chi connectivity index (χ0n) is 10.8. The number of tetrazole rings is 1. The summed E-state index contributed by atoms with van der Waals surface area (Å²) in [5, 5.41) is 16.1. The van der Waals surface area contributed by atoms with Gasteiger partial charge in [-0.3, -0.25) is 9.59 Å². The zero-order chi connectivity index (χ0) is 15.2. The predicted octanol–water partition coefficient (Wildman–Crippen LogP) is -0.671. The number of carbonyl (C=O) groups is 2. The van der Waals surface area contributed by atoms with E-state index in [1.807, 2.05) is 0 Å². The third-order valence-electron chi connectivity index (χ3n) is 2.47. The van der Waals surface area contributed by atoms with Crippen LogP contribution in [0.3, 0.4) is 0 Å². The van der Waals surface area contributed by atoms with E-state index in [1.165, 1.54) is 11.0 Å². The van der Waals surface area contributed by atoms with Gasteiger partial charge in [0.05, 0.1) is 29.5 Å². The Kier molecular flexibility index (Phi) is 4.80. The van der Waals surface area contributed by atoms with Crippen LogP contribution in [0.2, 0.25) is 5.02 Å². The lowest BCUT2D eigenvalue weighted by atomic mass is 10.2. The fourth-order valence-corrected chi connectivity index (χ4v) is 1.64. The van der Waals surface area contributed by atoms with Gasteiger partial charge in [0.15, 0.2) is 0 Å². The van der Waals surface area contributed by atoms with Crippen molar-refractivity contribution in [1.82, 2.24) is 25.5 Å². The van der Waals surface area contributed by atoms with Crippen molar-refractivity contribution in [1.29, 1.82) is 0 Å². The molecule has 0 saturated heterocycles. The van der Waals surface area contributed by atoms with Crippen LogP contribution in [0.15, 0.2) is 24.5 Å². The molecule has 4 N–H and O–H groups in total. The fraction of sp³-hybridized carbons (Fsp3) is 0.182. The highest BCUT2D eigenvalue weighted by Crippen LogP contribution is 2.24. The van der Waals surface area contributed by atoms with Gasteiger partial charge in [0, 0.05) is 0 Å². The number of nitrogens with zero attached hydrogens (tertiary/aromatic N) is 4. The molecule has 0 aliphatic rings. The summed E-state index contributed by atoms with van der Waals surface area (Å²) in [5.74, 6) is -0.841. The average molecular weight is 310 g/mol. The van der Waals surface area contributed by atoms with E-state index >= 15 is 0 Å². The van der Waals surface area contributed by atoms with Crippen LogP contribution in [0.5, 0.6) is 0 Å². The van der Waals surface area contributed by atoms with E-state index in [1.54, 1.807) is 18.2 Å². The summed E-state index contributed by atoms with van der Waals surface area (Å²) in [5.41, 5.74) is 6.14. The maximum Gasteiger partial charge on any atom is 0.243 e. The van der Waals surface area contributed by atoms with Crippen LogP contribution in [-0.4, -0.2) is 45.1 Å². The minimum Gasteiger partial charge on any atom is -0.346 e. The molecule has 0 fully saturated rings. The van der Waals surface area contributed by atoms with E-state index in [0.717, 1.165) is 0 Å². The normalized spacial score (nSPS) is 10.2. The number of hydrogen-bond donors (Lipinski definition) is 3. The number of hydrogen-bond acceptors (Lipinski definition) is 6. The predicted molar refractivity (Wildman–Crippen MR) is 74.9 cm³/mol. The Morgan fingerprint density at radius 2 is 2.14 bits per heavy atom. The first-order valence-corrected chi connectivity index (χ1v) is 6.27. The van der Waals surface area contributed by atoms with E-state index < -0.39 is 11.8 Å². The molecule has 9 nitrogen and oxygen atoms in total. The second-order valence-corrected chi connectivity index (χ2v) is 4.35. The maximum atomic E-state index is 11.7. The van der Waals surface area contributed by atoms with Crippen molar-refractivity contribution in [2.24, 2.45) is 5.73 Å². The summed E-state index contributed by atoms with van der Waals surface area (Å²) < 4.78 is 1.42. The molecule has 0 saturated carbocycles. The number of anilines is 1. The molecule has 1 aromatic heterocycles. The first-order chi connectivity index (χ1) is 10.1. The van der Waals surface area contributed by atoms with Crippen LogP contribution in [0.25, 0.3) is 5.69 Å². The van der Waals surface area contributed by atoms with Gasteiger partial charge in [-0.05, 0) is 28.6 Å². The van der Waals surface area contributed by atoms with Crippen LogP contribution in [0.4, 0.5) is 5.69 Å². The van der Waals surface area contributed by atoms with Gasteiger partial charge >= 0.3 is 0 Å². The third-order valence-corrected chi connectivity index (χ3v) is 2.80. The Morgan fingerprint density at radius 3 is 2.81 bits per heavy atom. The number of nitrogens with one attached hydrogen (secondary N) is 2. The Bertz CT molecular complexity index is 644. The van der Waals surface area contributed by atoms with Crippen LogP contribution in [-0.2, 0) is 9.59 Å². The molecule has 1 heterocycles. The van der Waals surface area contributed by atoms with Crippen molar-refractivity contribution >= 4 is 29.1 Å². The summed E-state index contributed by atoms with van der Waals surface area (Å²) >= 11 is 6.01. The highest BCUT2D eigenvalue weighted by atomic mass is 35.5. The highest BCUT2D eigenvalue weighted by molar-refractivity contribution is 6.33.